The maximum atomic E-state index is 14.0. The summed E-state index contributed by atoms with van der Waals surface area (Å²) in [6.07, 6.45) is 2.13. The van der Waals surface area contributed by atoms with E-state index < -0.39 is 11.8 Å². The van der Waals surface area contributed by atoms with E-state index in [1.165, 1.54) is 6.07 Å². The molecule has 1 heterocycles. The van der Waals surface area contributed by atoms with Gasteiger partial charge in [-0.15, -0.1) is 0 Å². The Hall–Kier alpha value is -3.96. The van der Waals surface area contributed by atoms with E-state index in [9.17, 15) is 19.2 Å². The van der Waals surface area contributed by atoms with Gasteiger partial charge in [0.2, 0.25) is 0 Å². The fourth-order valence-electron chi connectivity index (χ4n) is 3.81. The predicted molar refractivity (Wildman–Crippen MR) is 137 cm³/mol. The van der Waals surface area contributed by atoms with Crippen LogP contribution in [0.4, 0.5) is 4.39 Å². The SMILES string of the molecule is CCOc1cc(/C=C2/C(=O)N(CCCOC(C)C)C(=O)C(C#N)=C2C)ccc1OCc1ccccc1F. The Morgan fingerprint density at radius 2 is 1.84 bits per heavy atom. The Kier molecular flexibility index (Phi) is 9.58. The number of carbonyl (C=O) groups excluding carboxylic acids is 2. The summed E-state index contributed by atoms with van der Waals surface area (Å²) in [5.41, 5.74) is 1.55. The van der Waals surface area contributed by atoms with Crippen LogP contribution in [0.2, 0.25) is 0 Å². The number of rotatable bonds is 11. The normalized spacial score (nSPS) is 14.9. The lowest BCUT2D eigenvalue weighted by Gasteiger charge is -2.27. The van der Waals surface area contributed by atoms with Gasteiger partial charge in [0.25, 0.3) is 11.8 Å². The van der Waals surface area contributed by atoms with Crippen LogP contribution in [-0.2, 0) is 20.9 Å². The van der Waals surface area contributed by atoms with Crippen LogP contribution < -0.4 is 9.47 Å². The van der Waals surface area contributed by atoms with E-state index in [0.29, 0.717) is 47.8 Å². The molecule has 194 valence electrons. The Morgan fingerprint density at radius 3 is 2.51 bits per heavy atom. The summed E-state index contributed by atoms with van der Waals surface area (Å²) in [7, 11) is 0. The van der Waals surface area contributed by atoms with Crippen molar-refractivity contribution in [2.45, 2.75) is 46.8 Å². The van der Waals surface area contributed by atoms with Crippen molar-refractivity contribution in [3.63, 3.8) is 0 Å². The van der Waals surface area contributed by atoms with Crippen LogP contribution in [0.3, 0.4) is 0 Å². The first kappa shape index (κ1) is 27.6. The van der Waals surface area contributed by atoms with Crippen molar-refractivity contribution in [1.82, 2.24) is 4.90 Å². The van der Waals surface area contributed by atoms with Crippen molar-refractivity contribution in [1.29, 1.82) is 5.26 Å². The zero-order valence-corrected chi connectivity index (χ0v) is 21.5. The van der Waals surface area contributed by atoms with Crippen LogP contribution in [0.25, 0.3) is 6.08 Å². The molecule has 0 atom stereocenters. The van der Waals surface area contributed by atoms with Gasteiger partial charge in [0.15, 0.2) is 11.5 Å². The van der Waals surface area contributed by atoms with Crippen LogP contribution in [0.15, 0.2) is 59.2 Å². The second kappa shape index (κ2) is 12.8. The van der Waals surface area contributed by atoms with Crippen molar-refractivity contribution in [2.24, 2.45) is 0 Å². The predicted octanol–water partition coefficient (Wildman–Crippen LogP) is 5.21. The van der Waals surface area contributed by atoms with E-state index in [-0.39, 0.29) is 36.2 Å². The number of nitriles is 1. The molecule has 37 heavy (non-hydrogen) atoms. The molecule has 0 radical (unpaired) electrons. The van der Waals surface area contributed by atoms with Crippen molar-refractivity contribution < 1.29 is 28.2 Å². The molecule has 0 N–H and O–H groups in total. The first-order valence-corrected chi connectivity index (χ1v) is 12.2. The quantitative estimate of drug-likeness (QED) is 0.236. The van der Waals surface area contributed by atoms with E-state index >= 15 is 0 Å². The third-order valence-corrected chi connectivity index (χ3v) is 5.72. The monoisotopic (exact) mass is 506 g/mol. The van der Waals surface area contributed by atoms with Crippen molar-refractivity contribution >= 4 is 17.9 Å². The molecule has 2 amide bonds. The maximum Gasteiger partial charge on any atom is 0.271 e. The number of imide groups is 1. The van der Waals surface area contributed by atoms with E-state index in [1.54, 1.807) is 49.4 Å². The molecule has 0 saturated heterocycles. The molecule has 8 heteroatoms. The summed E-state index contributed by atoms with van der Waals surface area (Å²) in [4.78, 5) is 27.2. The number of halogens is 1. The third kappa shape index (κ3) is 6.83. The maximum absolute atomic E-state index is 14.0. The van der Waals surface area contributed by atoms with Crippen LogP contribution in [-0.4, -0.2) is 42.6 Å². The smallest absolute Gasteiger partial charge is 0.271 e. The molecule has 2 aromatic carbocycles. The fraction of sp³-hybridized carbons (Fsp3) is 0.345. The van der Waals surface area contributed by atoms with Gasteiger partial charge in [-0.2, -0.15) is 5.26 Å². The fourth-order valence-corrected chi connectivity index (χ4v) is 3.81. The summed E-state index contributed by atoms with van der Waals surface area (Å²) >= 11 is 0. The molecule has 2 aromatic rings. The average Bonchev–Trinajstić information content (AvgIpc) is 2.87. The number of nitrogens with zero attached hydrogens (tertiary/aromatic N) is 2. The summed E-state index contributed by atoms with van der Waals surface area (Å²) < 4.78 is 31.0. The molecule has 3 rings (SSSR count). The highest BCUT2D eigenvalue weighted by atomic mass is 19.1. The van der Waals surface area contributed by atoms with Crippen molar-refractivity contribution in [3.05, 3.63) is 76.1 Å². The van der Waals surface area contributed by atoms with E-state index in [1.807, 2.05) is 26.8 Å². The van der Waals surface area contributed by atoms with Gasteiger partial charge in [0.1, 0.15) is 24.1 Å². The molecule has 0 saturated carbocycles. The molecular formula is C29H31FN2O5. The van der Waals surface area contributed by atoms with E-state index in [4.69, 9.17) is 14.2 Å². The molecule has 0 spiro atoms. The molecule has 7 nitrogen and oxygen atoms in total. The van der Waals surface area contributed by atoms with Gasteiger partial charge in [-0.3, -0.25) is 14.5 Å². The molecule has 0 unspecified atom stereocenters. The number of hydrogen-bond donors (Lipinski definition) is 0. The Balaban J connectivity index is 1.88. The number of ether oxygens (including phenoxy) is 3. The largest absolute Gasteiger partial charge is 0.490 e. The second-order valence-corrected chi connectivity index (χ2v) is 8.72. The van der Waals surface area contributed by atoms with Crippen LogP contribution >= 0.6 is 0 Å². The first-order chi connectivity index (χ1) is 17.8. The minimum Gasteiger partial charge on any atom is -0.490 e. The molecule has 0 bridgehead atoms. The van der Waals surface area contributed by atoms with Gasteiger partial charge in [-0.1, -0.05) is 24.3 Å². The van der Waals surface area contributed by atoms with Gasteiger partial charge in [-0.25, -0.2) is 4.39 Å². The Morgan fingerprint density at radius 1 is 1.08 bits per heavy atom. The van der Waals surface area contributed by atoms with Gasteiger partial charge < -0.3 is 14.2 Å². The highest BCUT2D eigenvalue weighted by Gasteiger charge is 2.35. The Labute approximate surface area is 216 Å². The summed E-state index contributed by atoms with van der Waals surface area (Å²) in [5, 5.41) is 9.61. The summed E-state index contributed by atoms with van der Waals surface area (Å²) in [6.45, 7) is 8.17. The molecule has 0 aliphatic carbocycles. The highest BCUT2D eigenvalue weighted by molar-refractivity contribution is 6.19. The molecule has 0 aromatic heterocycles. The van der Waals surface area contributed by atoms with Gasteiger partial charge in [0, 0.05) is 24.3 Å². The average molecular weight is 507 g/mol. The Bertz CT molecular complexity index is 1260. The van der Waals surface area contributed by atoms with Gasteiger partial charge >= 0.3 is 0 Å². The molecular weight excluding hydrogens is 475 g/mol. The number of hydrogen-bond acceptors (Lipinski definition) is 6. The van der Waals surface area contributed by atoms with E-state index in [2.05, 4.69) is 0 Å². The third-order valence-electron chi connectivity index (χ3n) is 5.72. The summed E-state index contributed by atoms with van der Waals surface area (Å²) in [6, 6.07) is 13.4. The lowest BCUT2D eigenvalue weighted by molar-refractivity contribution is -0.140. The van der Waals surface area contributed by atoms with E-state index in [0.717, 1.165) is 4.90 Å². The number of benzene rings is 2. The minimum atomic E-state index is -0.599. The zero-order chi connectivity index (χ0) is 26.9. The van der Waals surface area contributed by atoms with Crippen LogP contribution in [0.5, 0.6) is 11.5 Å². The topological polar surface area (TPSA) is 88.9 Å². The highest BCUT2D eigenvalue weighted by Crippen LogP contribution is 2.32. The summed E-state index contributed by atoms with van der Waals surface area (Å²) in [5.74, 6) is -0.572. The van der Waals surface area contributed by atoms with Crippen LogP contribution in [0, 0.1) is 17.1 Å². The van der Waals surface area contributed by atoms with Gasteiger partial charge in [0.05, 0.1) is 12.7 Å². The first-order valence-electron chi connectivity index (χ1n) is 12.2. The zero-order valence-electron chi connectivity index (χ0n) is 21.5. The van der Waals surface area contributed by atoms with Crippen molar-refractivity contribution in [3.8, 4) is 17.6 Å². The lowest BCUT2D eigenvalue weighted by atomic mass is 9.93. The molecule has 1 aliphatic heterocycles. The van der Waals surface area contributed by atoms with Crippen molar-refractivity contribution in [2.75, 3.05) is 19.8 Å². The lowest BCUT2D eigenvalue weighted by Crippen LogP contribution is -2.43. The minimum absolute atomic E-state index is 0.0244. The number of carbonyl (C=O) groups is 2. The number of amides is 2. The van der Waals surface area contributed by atoms with Gasteiger partial charge in [-0.05, 0) is 69.5 Å². The van der Waals surface area contributed by atoms with Crippen LogP contribution in [0.1, 0.15) is 45.2 Å². The molecule has 0 fully saturated rings. The standard InChI is InChI=1S/C29H31FN2O5/c1-5-35-27-16-21(11-12-26(27)37-18-22-9-6-7-10-25(22)30)15-23-20(4)24(17-31)29(34)32(28(23)33)13-8-14-36-19(2)3/h6-7,9-12,15-16,19H,5,8,13-14,18H2,1-4H3/b23-15+. The second-order valence-electron chi connectivity index (χ2n) is 8.72. The molecule has 1 aliphatic rings.